The number of rotatable bonds is 21. The summed E-state index contributed by atoms with van der Waals surface area (Å²) in [6.45, 7) is 2.52. The van der Waals surface area contributed by atoms with Gasteiger partial charge in [0.05, 0.1) is 12.3 Å². The lowest BCUT2D eigenvalue weighted by molar-refractivity contribution is -0.122. The highest BCUT2D eigenvalue weighted by atomic mass is 16.3. The lowest BCUT2D eigenvalue weighted by Crippen LogP contribution is -2.33. The summed E-state index contributed by atoms with van der Waals surface area (Å²) in [6, 6.07) is 1.52. The highest BCUT2D eigenvalue weighted by Gasteiger charge is 2.18. The van der Waals surface area contributed by atoms with Crippen LogP contribution in [0.5, 0.6) is 0 Å². The summed E-state index contributed by atoms with van der Waals surface area (Å²) in [5, 5.41) is 24.9. The second kappa shape index (κ2) is 20.2. The van der Waals surface area contributed by atoms with E-state index in [0.29, 0.717) is 18.8 Å². The number of nitrogens with one attached hydrogen (secondary N) is 6. The number of aliphatic hydroxyl groups is 1. The van der Waals surface area contributed by atoms with Gasteiger partial charge in [0.25, 0.3) is 17.7 Å². The molecule has 0 fully saturated rings. The smallest absolute Gasteiger partial charge is 0.291 e. The largest absolute Gasteiger partial charge is 0.396 e. The van der Waals surface area contributed by atoms with Crippen LogP contribution >= 0.6 is 0 Å². The van der Waals surface area contributed by atoms with E-state index < -0.39 is 23.6 Å². The molecule has 3 aromatic rings. The molecule has 0 radical (unpaired) electrons. The first kappa shape index (κ1) is 39.9. The van der Waals surface area contributed by atoms with Crippen LogP contribution in [-0.4, -0.2) is 122 Å². The lowest BCUT2D eigenvalue weighted by atomic mass is 10.3. The number of hydrogen-bond donors (Lipinski definition) is 7. The minimum Gasteiger partial charge on any atom is -0.396 e. The first-order valence-electron chi connectivity index (χ1n) is 16.5. The second-order valence-corrected chi connectivity index (χ2v) is 11.8. The van der Waals surface area contributed by atoms with E-state index in [1.54, 1.807) is 42.7 Å². The third-order valence-corrected chi connectivity index (χ3v) is 7.56. The number of aryl methyl sites for hydroxylation is 3. The fraction of sp³-hybridized carbons (Fsp3) is 0.500. The Morgan fingerprint density at radius 2 is 1.33 bits per heavy atom. The van der Waals surface area contributed by atoms with E-state index >= 15 is 0 Å². The minimum atomic E-state index is -0.509. The van der Waals surface area contributed by atoms with Gasteiger partial charge in [-0.1, -0.05) is 0 Å². The molecule has 0 bridgehead atoms. The van der Waals surface area contributed by atoms with Gasteiger partial charge in [-0.2, -0.15) is 0 Å². The lowest BCUT2D eigenvalue weighted by Gasteiger charge is -2.16. The van der Waals surface area contributed by atoms with Crippen molar-refractivity contribution < 1.29 is 33.9 Å². The van der Waals surface area contributed by atoms with E-state index in [0.717, 1.165) is 25.9 Å². The van der Waals surface area contributed by atoms with Gasteiger partial charge in [0.15, 0.2) is 11.6 Å². The average molecular weight is 713 g/mol. The van der Waals surface area contributed by atoms with Crippen LogP contribution in [0.1, 0.15) is 63.8 Å². The van der Waals surface area contributed by atoms with Crippen LogP contribution < -0.4 is 31.9 Å². The minimum absolute atomic E-state index is 0.0252. The Morgan fingerprint density at radius 1 is 0.706 bits per heavy atom. The highest BCUT2D eigenvalue weighted by molar-refractivity contribution is 6.03. The molecule has 0 aliphatic heterocycles. The Labute approximate surface area is 295 Å². The normalized spacial score (nSPS) is 10.9. The number of nitrogens with zero attached hydrogens (tertiary/aromatic N) is 6. The quantitative estimate of drug-likeness (QED) is 0.0662. The standard InChI is InChI=1S/C32H48N12O7/c1-41(16-6-11-34-26(47)9-18-45)15-5-10-33-25(46)7-12-37-31(50)29-40-24(21-44(29)4)39-27(48)8-13-36-30(49)23-19-22(20-43(23)3)38-32(51)28-35-14-17-42(28)2/h14,17,19-21,45H,5-13,15-16,18H2,1-4H3,(H,33,46)(H,34,47)(H,36,49)(H,37,50)(H,38,51)(H,39,48). The van der Waals surface area contributed by atoms with Crippen LogP contribution in [0.25, 0.3) is 0 Å². The van der Waals surface area contributed by atoms with Gasteiger partial charge in [-0.25, -0.2) is 9.97 Å². The molecule has 0 saturated heterocycles. The van der Waals surface area contributed by atoms with Crippen LogP contribution in [0, 0.1) is 0 Å². The number of aromatic nitrogens is 5. The highest BCUT2D eigenvalue weighted by Crippen LogP contribution is 2.14. The molecule has 0 unspecified atom stereocenters. The number of carbonyl (C=O) groups excluding carboxylic acids is 6. The molecular formula is C32H48N12O7. The molecule has 0 spiro atoms. The van der Waals surface area contributed by atoms with E-state index in [2.05, 4.69) is 46.8 Å². The molecule has 0 saturated carbocycles. The van der Waals surface area contributed by atoms with Crippen LogP contribution in [0.3, 0.4) is 0 Å². The van der Waals surface area contributed by atoms with E-state index in [4.69, 9.17) is 5.11 Å². The Balaban J connectivity index is 1.30. The molecule has 51 heavy (non-hydrogen) atoms. The number of amides is 6. The van der Waals surface area contributed by atoms with Gasteiger partial charge in [-0.05, 0) is 39.0 Å². The van der Waals surface area contributed by atoms with Gasteiger partial charge < -0.3 is 55.6 Å². The molecule has 7 N–H and O–H groups in total. The fourth-order valence-electron chi connectivity index (χ4n) is 4.87. The number of hydrogen-bond acceptors (Lipinski definition) is 10. The molecule has 278 valence electrons. The van der Waals surface area contributed by atoms with E-state index in [1.807, 2.05) is 7.05 Å². The summed E-state index contributed by atoms with van der Waals surface area (Å²) in [4.78, 5) is 84.1. The topological polar surface area (TPSA) is 239 Å². The monoisotopic (exact) mass is 712 g/mol. The van der Waals surface area contributed by atoms with E-state index in [9.17, 15) is 28.8 Å². The van der Waals surface area contributed by atoms with E-state index in [1.165, 1.54) is 23.0 Å². The van der Waals surface area contributed by atoms with Crippen molar-refractivity contribution in [1.82, 2.24) is 49.8 Å². The van der Waals surface area contributed by atoms with Crippen molar-refractivity contribution in [1.29, 1.82) is 0 Å². The second-order valence-electron chi connectivity index (χ2n) is 11.8. The zero-order valence-corrected chi connectivity index (χ0v) is 29.5. The summed E-state index contributed by atoms with van der Waals surface area (Å²) in [7, 11) is 6.91. The molecule has 19 nitrogen and oxygen atoms in total. The summed E-state index contributed by atoms with van der Waals surface area (Å²) < 4.78 is 4.57. The molecular weight excluding hydrogens is 664 g/mol. The van der Waals surface area contributed by atoms with Crippen molar-refractivity contribution in [3.8, 4) is 0 Å². The van der Waals surface area contributed by atoms with Gasteiger partial charge in [-0.15, -0.1) is 0 Å². The van der Waals surface area contributed by atoms with Crippen molar-refractivity contribution in [3.63, 3.8) is 0 Å². The average Bonchev–Trinajstić information content (AvgIpc) is 3.78. The number of carbonyl (C=O) groups is 6. The third kappa shape index (κ3) is 13.3. The number of anilines is 2. The van der Waals surface area contributed by atoms with E-state index in [-0.39, 0.29) is 73.9 Å². The molecule has 0 aliphatic carbocycles. The van der Waals surface area contributed by atoms with Crippen molar-refractivity contribution >= 4 is 46.9 Å². The van der Waals surface area contributed by atoms with Crippen molar-refractivity contribution in [2.45, 2.75) is 32.1 Å². The maximum atomic E-state index is 12.7. The van der Waals surface area contributed by atoms with Gasteiger partial charge in [0, 0.05) is 91.4 Å². The predicted octanol–water partition coefficient (Wildman–Crippen LogP) is -1.05. The molecule has 0 aromatic carbocycles. The number of aliphatic hydroxyl groups excluding tert-OH is 1. The Bertz CT molecular complexity index is 1660. The molecule has 3 aromatic heterocycles. The van der Waals surface area contributed by atoms with Crippen LogP contribution in [0.15, 0.2) is 30.9 Å². The molecule has 6 amide bonds. The Kier molecular flexibility index (Phi) is 15.8. The van der Waals surface area contributed by atoms with Gasteiger partial charge in [0.2, 0.25) is 23.5 Å². The zero-order chi connectivity index (χ0) is 37.3. The molecule has 3 heterocycles. The summed E-state index contributed by atoms with van der Waals surface area (Å²) in [5.74, 6) is -1.75. The summed E-state index contributed by atoms with van der Waals surface area (Å²) >= 11 is 0. The Hall–Kier alpha value is -5.56. The van der Waals surface area contributed by atoms with Crippen molar-refractivity contribution in [2.75, 3.05) is 63.6 Å². The summed E-state index contributed by atoms with van der Waals surface area (Å²) in [5.41, 5.74) is 0.689. The first-order valence-corrected chi connectivity index (χ1v) is 16.5. The Morgan fingerprint density at radius 3 is 1.96 bits per heavy atom. The van der Waals surface area contributed by atoms with Crippen LogP contribution in [-0.2, 0) is 35.5 Å². The fourth-order valence-corrected chi connectivity index (χ4v) is 4.87. The first-order chi connectivity index (χ1) is 24.4. The molecule has 19 heteroatoms. The van der Waals surface area contributed by atoms with Gasteiger partial charge in [0.1, 0.15) is 5.69 Å². The van der Waals surface area contributed by atoms with Gasteiger partial charge >= 0.3 is 0 Å². The third-order valence-electron chi connectivity index (χ3n) is 7.56. The van der Waals surface area contributed by atoms with Crippen molar-refractivity contribution in [2.24, 2.45) is 21.1 Å². The maximum Gasteiger partial charge on any atom is 0.291 e. The zero-order valence-electron chi connectivity index (χ0n) is 29.5. The van der Waals surface area contributed by atoms with Gasteiger partial charge in [-0.3, -0.25) is 28.8 Å². The maximum absolute atomic E-state index is 12.7. The SMILES string of the molecule is CN(CCCNC(=O)CCO)CCCNC(=O)CCNC(=O)c1nc(NC(=O)CCNC(=O)c2cc(NC(=O)c3nccn3C)cn2C)cn1C. The molecule has 3 rings (SSSR count). The summed E-state index contributed by atoms with van der Waals surface area (Å²) in [6.07, 6.45) is 7.86. The predicted molar refractivity (Wildman–Crippen MR) is 187 cm³/mol. The van der Waals surface area contributed by atoms with Crippen LogP contribution in [0.2, 0.25) is 0 Å². The van der Waals surface area contributed by atoms with Crippen LogP contribution in [0.4, 0.5) is 11.5 Å². The number of imidazole rings is 2. The molecule has 0 atom stereocenters. The van der Waals surface area contributed by atoms with Crippen molar-refractivity contribution in [3.05, 3.63) is 48.2 Å². The molecule has 0 aliphatic rings.